The van der Waals surface area contributed by atoms with Gasteiger partial charge in [0.2, 0.25) is 0 Å². The maximum atomic E-state index is 14.2. The molecule has 1 aliphatic carbocycles. The van der Waals surface area contributed by atoms with E-state index in [1.54, 1.807) is 0 Å². The molecule has 0 saturated carbocycles. The Morgan fingerprint density at radius 3 is 2.53 bits per heavy atom. The number of alkyl halides is 1. The van der Waals surface area contributed by atoms with Gasteiger partial charge in [0.25, 0.3) is 0 Å². The van der Waals surface area contributed by atoms with Crippen LogP contribution in [-0.4, -0.2) is 12.5 Å². The van der Waals surface area contributed by atoms with Gasteiger partial charge in [-0.15, -0.1) is 0 Å². The maximum absolute atomic E-state index is 14.2. The summed E-state index contributed by atoms with van der Waals surface area (Å²) in [6.07, 6.45) is 5.46. The Labute approximate surface area is 104 Å². The van der Waals surface area contributed by atoms with Crippen LogP contribution in [0.25, 0.3) is 0 Å². The first-order valence-electron chi connectivity index (χ1n) is 6.84. The van der Waals surface area contributed by atoms with Crippen molar-refractivity contribution in [1.82, 2.24) is 0 Å². The highest BCUT2D eigenvalue weighted by atomic mass is 19.1. The fourth-order valence-electron chi connectivity index (χ4n) is 2.71. The molecule has 3 atom stereocenters. The Balaban J connectivity index is 2.58. The largest absolute Gasteiger partial charge is 0.303 e. The average Bonchev–Trinajstić information content (AvgIpc) is 2.32. The van der Waals surface area contributed by atoms with Crippen molar-refractivity contribution >= 4 is 6.29 Å². The Hall–Kier alpha value is -0.660. The van der Waals surface area contributed by atoms with E-state index in [4.69, 9.17) is 0 Å². The van der Waals surface area contributed by atoms with Crippen LogP contribution >= 0.6 is 0 Å². The molecule has 1 nitrogen and oxygen atoms in total. The van der Waals surface area contributed by atoms with E-state index in [0.29, 0.717) is 6.42 Å². The van der Waals surface area contributed by atoms with Gasteiger partial charge in [-0.25, -0.2) is 4.39 Å². The van der Waals surface area contributed by atoms with Crippen molar-refractivity contribution in [2.45, 2.75) is 65.5 Å². The zero-order valence-electron chi connectivity index (χ0n) is 11.3. The summed E-state index contributed by atoms with van der Waals surface area (Å²) < 4.78 is 14.2. The molecule has 1 rings (SSSR count). The molecule has 17 heavy (non-hydrogen) atoms. The molecule has 0 aromatic heterocycles. The Bertz CT molecular complexity index is 283. The van der Waals surface area contributed by atoms with Crippen molar-refractivity contribution in [3.63, 3.8) is 0 Å². The van der Waals surface area contributed by atoms with Gasteiger partial charge in [-0.2, -0.15) is 0 Å². The van der Waals surface area contributed by atoms with Crippen LogP contribution in [0.15, 0.2) is 11.1 Å². The van der Waals surface area contributed by atoms with Crippen molar-refractivity contribution in [2.75, 3.05) is 0 Å². The third-order valence-corrected chi connectivity index (χ3v) is 4.09. The van der Waals surface area contributed by atoms with Crippen molar-refractivity contribution in [3.8, 4) is 0 Å². The lowest BCUT2D eigenvalue weighted by Gasteiger charge is -2.32. The van der Waals surface area contributed by atoms with E-state index in [-0.39, 0.29) is 11.8 Å². The van der Waals surface area contributed by atoms with Crippen LogP contribution < -0.4 is 0 Å². The molecule has 0 N–H and O–H groups in total. The molecule has 0 heterocycles. The Morgan fingerprint density at radius 1 is 1.29 bits per heavy atom. The normalized spacial score (nSPS) is 27.1. The molecular weight excluding hydrogens is 215 g/mol. The summed E-state index contributed by atoms with van der Waals surface area (Å²) in [5.74, 6) is -0.177. The summed E-state index contributed by atoms with van der Waals surface area (Å²) in [7, 11) is 0. The minimum absolute atomic E-state index is 0.0759. The van der Waals surface area contributed by atoms with Crippen LogP contribution in [-0.2, 0) is 4.79 Å². The molecule has 0 bridgehead atoms. The zero-order valence-corrected chi connectivity index (χ0v) is 11.3. The lowest BCUT2D eigenvalue weighted by Crippen LogP contribution is -2.29. The summed E-state index contributed by atoms with van der Waals surface area (Å²) in [6.45, 7) is 6.26. The number of halogens is 1. The Kier molecular flexibility index (Phi) is 5.87. The lowest BCUT2D eigenvalue weighted by atomic mass is 9.74. The third-order valence-electron chi connectivity index (χ3n) is 4.09. The fourth-order valence-corrected chi connectivity index (χ4v) is 2.71. The summed E-state index contributed by atoms with van der Waals surface area (Å²) in [6, 6.07) is 0. The van der Waals surface area contributed by atoms with Crippen LogP contribution in [0.4, 0.5) is 4.39 Å². The van der Waals surface area contributed by atoms with Gasteiger partial charge in [0.1, 0.15) is 12.5 Å². The highest BCUT2D eigenvalue weighted by Crippen LogP contribution is 2.37. The maximum Gasteiger partial charge on any atom is 0.123 e. The summed E-state index contributed by atoms with van der Waals surface area (Å²) in [4.78, 5) is 11.1. The first-order valence-corrected chi connectivity index (χ1v) is 6.84. The molecule has 0 amide bonds. The second kappa shape index (κ2) is 6.93. The lowest BCUT2D eigenvalue weighted by molar-refractivity contribution is -0.113. The molecule has 0 aromatic carbocycles. The standard InChI is InChI=1S/C15H25FO/c1-4-5-6-7-15(16)14-9-12(3)11(2)8-13(14)10-17/h10,13-15H,4-9H2,1-3H3/t13-,14-,15+/m0/s1. The van der Waals surface area contributed by atoms with E-state index >= 15 is 0 Å². The monoisotopic (exact) mass is 240 g/mol. The number of aldehydes is 1. The Morgan fingerprint density at radius 2 is 1.94 bits per heavy atom. The molecule has 0 spiro atoms. The first-order chi connectivity index (χ1) is 8.10. The first kappa shape index (κ1) is 14.4. The third kappa shape index (κ3) is 3.93. The number of carbonyl (C=O) groups excluding carboxylic acids is 1. The van der Waals surface area contributed by atoms with Gasteiger partial charge in [-0.1, -0.05) is 37.3 Å². The zero-order chi connectivity index (χ0) is 12.8. The van der Waals surface area contributed by atoms with Crippen molar-refractivity contribution in [3.05, 3.63) is 11.1 Å². The van der Waals surface area contributed by atoms with E-state index in [1.807, 2.05) is 0 Å². The quantitative estimate of drug-likeness (QED) is 0.380. The highest BCUT2D eigenvalue weighted by molar-refractivity contribution is 5.56. The van der Waals surface area contributed by atoms with Crippen LogP contribution in [0.3, 0.4) is 0 Å². The molecule has 0 radical (unpaired) electrons. The number of rotatable bonds is 6. The molecule has 0 aromatic rings. The van der Waals surface area contributed by atoms with Gasteiger partial charge < -0.3 is 4.79 Å². The second-order valence-corrected chi connectivity index (χ2v) is 5.44. The number of hydrogen-bond acceptors (Lipinski definition) is 1. The molecule has 0 fully saturated rings. The van der Waals surface area contributed by atoms with Crippen LogP contribution in [0, 0.1) is 11.8 Å². The number of unbranched alkanes of at least 4 members (excludes halogenated alkanes) is 2. The summed E-state index contributed by atoms with van der Waals surface area (Å²) >= 11 is 0. The minimum Gasteiger partial charge on any atom is -0.303 e. The van der Waals surface area contributed by atoms with Gasteiger partial charge in [-0.3, -0.25) is 0 Å². The van der Waals surface area contributed by atoms with Gasteiger partial charge in [0.05, 0.1) is 0 Å². The SMILES string of the molecule is CCCCC[C@@H](F)[C@H]1CC(C)=C(C)C[C@H]1C=O. The average molecular weight is 240 g/mol. The highest BCUT2D eigenvalue weighted by Gasteiger charge is 2.32. The molecule has 0 saturated heterocycles. The van der Waals surface area contributed by atoms with Crippen molar-refractivity contribution in [2.24, 2.45) is 11.8 Å². The number of allylic oxidation sites excluding steroid dienone is 2. The summed E-state index contributed by atoms with van der Waals surface area (Å²) in [5, 5.41) is 0. The van der Waals surface area contributed by atoms with Gasteiger partial charge in [0.15, 0.2) is 0 Å². The van der Waals surface area contributed by atoms with E-state index in [9.17, 15) is 9.18 Å². The molecule has 1 aliphatic rings. The van der Waals surface area contributed by atoms with Crippen LogP contribution in [0.1, 0.15) is 59.3 Å². The van der Waals surface area contributed by atoms with Crippen molar-refractivity contribution in [1.29, 1.82) is 0 Å². The van der Waals surface area contributed by atoms with E-state index in [0.717, 1.165) is 38.4 Å². The smallest absolute Gasteiger partial charge is 0.123 e. The van der Waals surface area contributed by atoms with E-state index < -0.39 is 6.17 Å². The molecule has 0 unspecified atom stereocenters. The molecule has 0 aliphatic heterocycles. The number of carbonyl (C=O) groups is 1. The van der Waals surface area contributed by atoms with E-state index in [2.05, 4.69) is 20.8 Å². The van der Waals surface area contributed by atoms with Crippen LogP contribution in [0.2, 0.25) is 0 Å². The number of hydrogen-bond donors (Lipinski definition) is 0. The predicted molar refractivity (Wildman–Crippen MR) is 69.7 cm³/mol. The van der Waals surface area contributed by atoms with Crippen LogP contribution in [0.5, 0.6) is 0 Å². The summed E-state index contributed by atoms with van der Waals surface area (Å²) in [5.41, 5.74) is 2.56. The van der Waals surface area contributed by atoms with Gasteiger partial charge >= 0.3 is 0 Å². The predicted octanol–water partition coefficient (Wildman–Crippen LogP) is 4.47. The minimum atomic E-state index is -0.806. The van der Waals surface area contributed by atoms with Crippen molar-refractivity contribution < 1.29 is 9.18 Å². The van der Waals surface area contributed by atoms with E-state index in [1.165, 1.54) is 11.1 Å². The second-order valence-electron chi connectivity index (χ2n) is 5.44. The molecular formula is C15H25FO. The molecule has 98 valence electrons. The van der Waals surface area contributed by atoms with Gasteiger partial charge in [0, 0.05) is 11.8 Å². The van der Waals surface area contributed by atoms with Gasteiger partial charge in [-0.05, 0) is 33.1 Å². The fraction of sp³-hybridized carbons (Fsp3) is 0.800. The molecule has 2 heteroatoms. The topological polar surface area (TPSA) is 17.1 Å².